The minimum atomic E-state index is -0.256. The molecule has 0 spiro atoms. The Balaban J connectivity index is 1.98. The number of halogens is 1. The van der Waals surface area contributed by atoms with Gasteiger partial charge in [-0.05, 0) is 36.0 Å². The predicted octanol–water partition coefficient (Wildman–Crippen LogP) is 1.50. The number of pyridine rings is 1. The summed E-state index contributed by atoms with van der Waals surface area (Å²) in [6.45, 7) is 0.671. The third-order valence-electron chi connectivity index (χ3n) is 2.78. The fourth-order valence-electron chi connectivity index (χ4n) is 1.75. The number of nitrogen functional groups attached to an aromatic ring is 1. The standard InChI is InChI=1S/C11H15ClN4OS/c12-8-1-2-9(16-13)15-10(8)11(17)14-5-7-3-4-18-6-7/h1-2,7H,3-6,13H2,(H,14,17)(H,15,16). The van der Waals surface area contributed by atoms with Gasteiger partial charge < -0.3 is 10.7 Å². The van der Waals surface area contributed by atoms with E-state index in [2.05, 4.69) is 15.7 Å². The summed E-state index contributed by atoms with van der Waals surface area (Å²) in [6.07, 6.45) is 1.15. The van der Waals surface area contributed by atoms with Crippen molar-refractivity contribution in [2.75, 3.05) is 23.5 Å². The Morgan fingerprint density at radius 2 is 2.44 bits per heavy atom. The van der Waals surface area contributed by atoms with Crippen LogP contribution in [0.1, 0.15) is 16.9 Å². The number of hydrogen-bond acceptors (Lipinski definition) is 5. The Kier molecular flexibility index (Phi) is 4.68. The Morgan fingerprint density at radius 1 is 1.61 bits per heavy atom. The van der Waals surface area contributed by atoms with Gasteiger partial charge in [0.2, 0.25) is 0 Å². The minimum Gasteiger partial charge on any atom is -0.350 e. The molecule has 0 aromatic carbocycles. The molecule has 1 unspecified atom stereocenters. The average molecular weight is 287 g/mol. The molecule has 7 heteroatoms. The number of aromatic nitrogens is 1. The number of rotatable bonds is 4. The van der Waals surface area contributed by atoms with Crippen molar-refractivity contribution in [3.8, 4) is 0 Å². The monoisotopic (exact) mass is 286 g/mol. The van der Waals surface area contributed by atoms with E-state index < -0.39 is 0 Å². The normalized spacial score (nSPS) is 18.7. The van der Waals surface area contributed by atoms with Crippen molar-refractivity contribution in [1.82, 2.24) is 10.3 Å². The van der Waals surface area contributed by atoms with Crippen LogP contribution < -0.4 is 16.6 Å². The Morgan fingerprint density at radius 3 is 3.11 bits per heavy atom. The zero-order valence-corrected chi connectivity index (χ0v) is 11.4. The van der Waals surface area contributed by atoms with Crippen LogP contribution in [0.4, 0.5) is 5.82 Å². The number of carbonyl (C=O) groups is 1. The largest absolute Gasteiger partial charge is 0.350 e. The lowest BCUT2D eigenvalue weighted by molar-refractivity contribution is 0.0944. The molecule has 0 bridgehead atoms. The summed E-state index contributed by atoms with van der Waals surface area (Å²) in [7, 11) is 0. The Bertz CT molecular complexity index is 437. The smallest absolute Gasteiger partial charge is 0.271 e. The molecule has 2 rings (SSSR count). The summed E-state index contributed by atoms with van der Waals surface area (Å²) < 4.78 is 0. The molecule has 1 aromatic rings. The summed E-state index contributed by atoms with van der Waals surface area (Å²) in [5.74, 6) is 8.24. The van der Waals surface area contributed by atoms with Crippen molar-refractivity contribution in [1.29, 1.82) is 0 Å². The maximum absolute atomic E-state index is 12.0. The van der Waals surface area contributed by atoms with Crippen LogP contribution in [0.3, 0.4) is 0 Å². The molecule has 18 heavy (non-hydrogen) atoms. The van der Waals surface area contributed by atoms with Gasteiger partial charge in [0.15, 0.2) is 0 Å². The number of amides is 1. The van der Waals surface area contributed by atoms with Gasteiger partial charge in [-0.25, -0.2) is 10.8 Å². The first-order valence-electron chi connectivity index (χ1n) is 5.70. The molecule has 0 aliphatic carbocycles. The van der Waals surface area contributed by atoms with Crippen LogP contribution in [0.15, 0.2) is 12.1 Å². The van der Waals surface area contributed by atoms with Crippen LogP contribution in [0.5, 0.6) is 0 Å². The SMILES string of the molecule is NNc1ccc(Cl)c(C(=O)NCC2CCSC2)n1. The molecular formula is C11H15ClN4OS. The fourth-order valence-corrected chi connectivity index (χ4v) is 3.22. The van der Waals surface area contributed by atoms with Gasteiger partial charge in [-0.2, -0.15) is 11.8 Å². The molecule has 1 amide bonds. The van der Waals surface area contributed by atoms with E-state index in [4.69, 9.17) is 17.4 Å². The van der Waals surface area contributed by atoms with Gasteiger partial charge in [-0.1, -0.05) is 11.6 Å². The summed E-state index contributed by atoms with van der Waals surface area (Å²) in [6, 6.07) is 3.22. The van der Waals surface area contributed by atoms with Gasteiger partial charge in [0.05, 0.1) is 5.02 Å². The van der Waals surface area contributed by atoms with Crippen LogP contribution in [-0.2, 0) is 0 Å². The summed E-state index contributed by atoms with van der Waals surface area (Å²) in [4.78, 5) is 16.0. The number of nitrogens with two attached hydrogens (primary N) is 1. The highest BCUT2D eigenvalue weighted by Crippen LogP contribution is 2.23. The fraction of sp³-hybridized carbons (Fsp3) is 0.455. The van der Waals surface area contributed by atoms with Crippen LogP contribution in [0, 0.1) is 5.92 Å². The first kappa shape index (κ1) is 13.5. The number of thioether (sulfide) groups is 1. The van der Waals surface area contributed by atoms with Crippen molar-refractivity contribution in [3.05, 3.63) is 22.8 Å². The number of carbonyl (C=O) groups excluding carboxylic acids is 1. The predicted molar refractivity (Wildman–Crippen MR) is 74.8 cm³/mol. The number of nitrogens with zero attached hydrogens (tertiary/aromatic N) is 1. The second-order valence-electron chi connectivity index (χ2n) is 4.11. The van der Waals surface area contributed by atoms with Gasteiger partial charge in [0.25, 0.3) is 5.91 Å². The molecule has 1 aliphatic heterocycles. The van der Waals surface area contributed by atoms with E-state index in [1.54, 1.807) is 12.1 Å². The highest BCUT2D eigenvalue weighted by molar-refractivity contribution is 7.99. The molecule has 1 atom stereocenters. The number of hydrogen-bond donors (Lipinski definition) is 3. The maximum atomic E-state index is 12.0. The lowest BCUT2D eigenvalue weighted by Crippen LogP contribution is -2.30. The van der Waals surface area contributed by atoms with E-state index in [1.807, 2.05) is 11.8 Å². The van der Waals surface area contributed by atoms with E-state index in [0.717, 1.165) is 12.2 Å². The van der Waals surface area contributed by atoms with E-state index in [0.29, 0.717) is 23.3 Å². The van der Waals surface area contributed by atoms with Crippen LogP contribution in [-0.4, -0.2) is 28.9 Å². The van der Waals surface area contributed by atoms with Gasteiger partial charge >= 0.3 is 0 Å². The first-order valence-corrected chi connectivity index (χ1v) is 7.23. The maximum Gasteiger partial charge on any atom is 0.271 e. The zero-order chi connectivity index (χ0) is 13.0. The molecule has 1 aliphatic rings. The number of anilines is 1. The molecule has 1 aromatic heterocycles. The molecule has 98 valence electrons. The van der Waals surface area contributed by atoms with Crippen molar-refractivity contribution in [2.24, 2.45) is 11.8 Å². The first-order chi connectivity index (χ1) is 8.70. The number of nitrogens with one attached hydrogen (secondary N) is 2. The second-order valence-corrected chi connectivity index (χ2v) is 5.67. The summed E-state index contributed by atoms with van der Waals surface area (Å²) in [5.41, 5.74) is 2.60. The van der Waals surface area contributed by atoms with Gasteiger partial charge in [-0.3, -0.25) is 4.79 Å². The van der Waals surface area contributed by atoms with E-state index in [1.165, 1.54) is 5.75 Å². The van der Waals surface area contributed by atoms with E-state index in [9.17, 15) is 4.79 Å². The van der Waals surface area contributed by atoms with Gasteiger partial charge in [0.1, 0.15) is 11.5 Å². The van der Waals surface area contributed by atoms with Crippen molar-refractivity contribution in [3.63, 3.8) is 0 Å². The highest BCUT2D eigenvalue weighted by Gasteiger charge is 2.18. The van der Waals surface area contributed by atoms with E-state index in [-0.39, 0.29) is 11.6 Å². The zero-order valence-electron chi connectivity index (χ0n) is 9.78. The second kappa shape index (κ2) is 6.26. The molecule has 1 fully saturated rings. The molecular weight excluding hydrogens is 272 g/mol. The molecule has 4 N–H and O–H groups in total. The van der Waals surface area contributed by atoms with E-state index >= 15 is 0 Å². The highest BCUT2D eigenvalue weighted by atomic mass is 35.5. The van der Waals surface area contributed by atoms with Crippen molar-refractivity contribution in [2.45, 2.75) is 6.42 Å². The van der Waals surface area contributed by atoms with Crippen LogP contribution in [0.2, 0.25) is 5.02 Å². The molecule has 1 saturated heterocycles. The third kappa shape index (κ3) is 3.28. The minimum absolute atomic E-state index is 0.206. The molecule has 2 heterocycles. The van der Waals surface area contributed by atoms with Crippen molar-refractivity contribution >= 4 is 35.1 Å². The third-order valence-corrected chi connectivity index (χ3v) is 4.32. The average Bonchev–Trinajstić information content (AvgIpc) is 2.89. The Hall–Kier alpha value is -0.980. The summed E-state index contributed by atoms with van der Waals surface area (Å²) in [5, 5.41) is 3.19. The van der Waals surface area contributed by atoms with Crippen molar-refractivity contribution < 1.29 is 4.79 Å². The summed E-state index contributed by atoms with van der Waals surface area (Å²) >= 11 is 7.87. The van der Waals surface area contributed by atoms with Crippen LogP contribution in [0.25, 0.3) is 0 Å². The number of hydrazine groups is 1. The molecule has 0 radical (unpaired) electrons. The van der Waals surface area contributed by atoms with Crippen LogP contribution >= 0.6 is 23.4 Å². The quantitative estimate of drug-likeness (QED) is 0.577. The lowest BCUT2D eigenvalue weighted by Gasteiger charge is -2.11. The van der Waals surface area contributed by atoms with Gasteiger partial charge in [0, 0.05) is 6.54 Å². The van der Waals surface area contributed by atoms with Gasteiger partial charge in [-0.15, -0.1) is 0 Å². The molecule has 0 saturated carbocycles. The Labute approximate surface area is 115 Å². The molecule has 5 nitrogen and oxygen atoms in total. The topological polar surface area (TPSA) is 80.0 Å². The lowest BCUT2D eigenvalue weighted by atomic mass is 10.1.